The summed E-state index contributed by atoms with van der Waals surface area (Å²) in [5.74, 6) is -3.38. The van der Waals surface area contributed by atoms with Crippen molar-refractivity contribution in [1.82, 2.24) is 4.57 Å². The number of aryl methyl sites for hydroxylation is 1. The summed E-state index contributed by atoms with van der Waals surface area (Å²) in [6.07, 6.45) is -4.61. The van der Waals surface area contributed by atoms with Crippen molar-refractivity contribution >= 4 is 52.2 Å². The summed E-state index contributed by atoms with van der Waals surface area (Å²) in [7, 11) is 0. The minimum Gasteiger partial charge on any atom is -0.504 e. The number of aromatic hydroxyl groups is 1. The Morgan fingerprint density at radius 1 is 1.02 bits per heavy atom. The van der Waals surface area contributed by atoms with E-state index in [1.807, 2.05) is 6.92 Å². The van der Waals surface area contributed by atoms with Gasteiger partial charge in [-0.05, 0) is 61.9 Å². The van der Waals surface area contributed by atoms with Crippen molar-refractivity contribution in [1.29, 1.82) is 0 Å². The molecule has 4 aromatic rings. The van der Waals surface area contributed by atoms with Gasteiger partial charge in [-0.2, -0.15) is 13.2 Å². The summed E-state index contributed by atoms with van der Waals surface area (Å²) in [6.45, 7) is 3.33. The number of phenolic OH excluding ortho intramolecular Hbond substituents is 1. The predicted molar refractivity (Wildman–Crippen MR) is 167 cm³/mol. The zero-order valence-corrected chi connectivity index (χ0v) is 26.0. The summed E-state index contributed by atoms with van der Waals surface area (Å²) in [6, 6.07) is 15.7. The molecule has 2 aliphatic heterocycles. The first-order valence-corrected chi connectivity index (χ1v) is 15.8. The van der Waals surface area contributed by atoms with Crippen molar-refractivity contribution in [2.24, 2.45) is 5.92 Å². The molecule has 3 amide bonds. The largest absolute Gasteiger partial charge is 0.504 e. The summed E-state index contributed by atoms with van der Waals surface area (Å²) >= 11 is 1.83. The number of nitrogens with one attached hydrogen (secondary N) is 1. The Balaban J connectivity index is 1.41. The molecule has 0 saturated carbocycles. The number of amides is 3. The van der Waals surface area contributed by atoms with E-state index in [9.17, 15) is 37.5 Å². The number of anilines is 2. The first kappa shape index (κ1) is 31.4. The quantitative estimate of drug-likeness (QED) is 0.240. The summed E-state index contributed by atoms with van der Waals surface area (Å²) < 4.78 is 46.4. The number of nitrogens with zero attached hydrogens (tertiary/aromatic N) is 2. The van der Waals surface area contributed by atoms with Crippen molar-refractivity contribution in [3.05, 3.63) is 98.0 Å². The van der Waals surface area contributed by atoms with E-state index >= 15 is 0 Å². The summed E-state index contributed by atoms with van der Waals surface area (Å²) in [5.41, 5.74) is 0.820. The maximum absolute atomic E-state index is 14.1. The number of hydrogen-bond donors (Lipinski definition) is 2. The van der Waals surface area contributed by atoms with Crippen molar-refractivity contribution in [2.75, 3.05) is 16.8 Å². The molecule has 3 aromatic carbocycles. The number of alkyl halides is 3. The van der Waals surface area contributed by atoms with E-state index < -0.39 is 58.0 Å². The van der Waals surface area contributed by atoms with Crippen LogP contribution in [0.15, 0.2) is 76.6 Å². The molecule has 3 heterocycles. The number of carbonyl (C=O) groups is 3. The first-order chi connectivity index (χ1) is 21.9. The molecule has 0 bridgehead atoms. The number of rotatable bonds is 7. The van der Waals surface area contributed by atoms with Crippen molar-refractivity contribution in [3.63, 3.8) is 0 Å². The summed E-state index contributed by atoms with van der Waals surface area (Å²) in [5, 5.41) is 12.1. The van der Waals surface area contributed by atoms with Gasteiger partial charge in [-0.25, -0.2) is 4.90 Å². The number of fused-ring (bicyclic) bond motifs is 2. The van der Waals surface area contributed by atoms with Crippen LogP contribution in [0.25, 0.3) is 0 Å². The Kier molecular flexibility index (Phi) is 8.19. The Morgan fingerprint density at radius 2 is 1.76 bits per heavy atom. The average Bonchev–Trinajstić information content (AvgIpc) is 3.45. The van der Waals surface area contributed by atoms with Crippen molar-refractivity contribution in [2.45, 2.75) is 42.8 Å². The van der Waals surface area contributed by atoms with Gasteiger partial charge in [-0.1, -0.05) is 52.9 Å². The van der Waals surface area contributed by atoms with Crippen LogP contribution in [-0.4, -0.2) is 39.3 Å². The van der Waals surface area contributed by atoms with Crippen LogP contribution < -0.4 is 19.8 Å². The number of phenols is 1. The van der Waals surface area contributed by atoms with Crippen LogP contribution in [0.5, 0.6) is 11.5 Å². The smallest absolute Gasteiger partial charge is 0.416 e. The number of hydrogen-bond acceptors (Lipinski definition) is 8. The lowest BCUT2D eigenvalue weighted by molar-refractivity contribution is -0.137. The van der Waals surface area contributed by atoms with Crippen LogP contribution in [0.4, 0.5) is 24.5 Å². The van der Waals surface area contributed by atoms with E-state index in [0.717, 1.165) is 51.8 Å². The molecular weight excluding hydrogens is 643 g/mol. The van der Waals surface area contributed by atoms with Crippen LogP contribution in [-0.2, 0) is 27.1 Å². The van der Waals surface area contributed by atoms with Crippen molar-refractivity contribution < 1.29 is 37.4 Å². The SMILES string of the molecule is CCOc1cc([C@@H]2c3sc(=O)n(CC(=O)Nc4cccc(C(F)(F)F)c4)c3S[C@@H]3C(=O)N(c4ccc(C)cc4)C(=O)[C@H]23)ccc1O. The third-order valence-corrected chi connectivity index (χ3v) is 10.4. The maximum Gasteiger partial charge on any atom is 0.416 e. The van der Waals surface area contributed by atoms with Gasteiger partial charge in [0.25, 0.3) is 0 Å². The van der Waals surface area contributed by atoms with Crippen LogP contribution >= 0.6 is 23.1 Å². The van der Waals surface area contributed by atoms with Crippen molar-refractivity contribution in [3.8, 4) is 11.5 Å². The number of benzene rings is 3. The van der Waals surface area contributed by atoms with Gasteiger partial charge in [0.2, 0.25) is 17.7 Å². The van der Waals surface area contributed by atoms with Gasteiger partial charge < -0.3 is 15.2 Å². The lowest BCUT2D eigenvalue weighted by atomic mass is 9.83. The third kappa shape index (κ3) is 5.66. The van der Waals surface area contributed by atoms with Gasteiger partial charge in [0.05, 0.1) is 28.8 Å². The third-order valence-electron chi connectivity index (χ3n) is 7.76. The van der Waals surface area contributed by atoms with E-state index in [1.54, 1.807) is 43.3 Å². The fourth-order valence-corrected chi connectivity index (χ4v) is 8.45. The van der Waals surface area contributed by atoms with Gasteiger partial charge in [-0.3, -0.25) is 23.7 Å². The molecule has 2 N–H and O–H groups in total. The minimum atomic E-state index is -4.61. The molecule has 0 aliphatic carbocycles. The number of halogens is 3. The molecule has 46 heavy (non-hydrogen) atoms. The first-order valence-electron chi connectivity index (χ1n) is 14.1. The van der Waals surface area contributed by atoms with E-state index in [-0.39, 0.29) is 23.8 Å². The average molecular weight is 670 g/mol. The second-order valence-corrected chi connectivity index (χ2v) is 12.9. The maximum atomic E-state index is 14.1. The highest BCUT2D eigenvalue weighted by molar-refractivity contribution is 8.00. The van der Waals surface area contributed by atoms with Gasteiger partial charge in [-0.15, -0.1) is 0 Å². The van der Waals surface area contributed by atoms with Crippen LogP contribution in [0.3, 0.4) is 0 Å². The summed E-state index contributed by atoms with van der Waals surface area (Å²) in [4.78, 5) is 55.4. The van der Waals surface area contributed by atoms with E-state index in [0.29, 0.717) is 21.2 Å². The molecular formula is C32H26F3N3O6S2. The molecule has 9 nitrogen and oxygen atoms in total. The Bertz CT molecular complexity index is 1920. The normalized spacial score (nSPS) is 19.2. The van der Waals surface area contributed by atoms with Gasteiger partial charge in [0, 0.05) is 16.5 Å². The van der Waals surface area contributed by atoms with Gasteiger partial charge in [0.15, 0.2) is 11.5 Å². The molecule has 1 saturated heterocycles. The van der Waals surface area contributed by atoms with Gasteiger partial charge in [0.1, 0.15) is 11.8 Å². The Labute approximate surface area is 268 Å². The van der Waals surface area contributed by atoms with E-state index in [1.165, 1.54) is 16.7 Å². The fourth-order valence-electron chi connectivity index (χ4n) is 5.68. The molecule has 1 fully saturated rings. The van der Waals surface area contributed by atoms with Crippen LogP contribution in [0, 0.1) is 12.8 Å². The molecule has 0 radical (unpaired) electrons. The highest BCUT2D eigenvalue weighted by Gasteiger charge is 2.57. The second-order valence-electron chi connectivity index (χ2n) is 10.8. The highest BCUT2D eigenvalue weighted by atomic mass is 32.2. The second kappa shape index (κ2) is 12.0. The van der Waals surface area contributed by atoms with E-state index in [2.05, 4.69) is 5.32 Å². The number of carbonyl (C=O) groups excluding carboxylic acids is 3. The number of aromatic nitrogens is 1. The number of imide groups is 1. The molecule has 6 rings (SSSR count). The number of thiazole rings is 1. The zero-order valence-electron chi connectivity index (χ0n) is 24.3. The van der Waals surface area contributed by atoms with Crippen LogP contribution in [0.1, 0.15) is 34.4 Å². The van der Waals surface area contributed by atoms with E-state index in [4.69, 9.17) is 4.74 Å². The molecule has 0 spiro atoms. The predicted octanol–water partition coefficient (Wildman–Crippen LogP) is 5.78. The fraction of sp³-hybridized carbons (Fsp3) is 0.250. The number of thioether (sulfide) groups is 1. The Hall–Kier alpha value is -4.56. The Morgan fingerprint density at radius 3 is 2.46 bits per heavy atom. The molecule has 14 heteroatoms. The molecule has 2 aliphatic rings. The van der Waals surface area contributed by atoms with Crippen LogP contribution in [0.2, 0.25) is 0 Å². The molecule has 238 valence electrons. The topological polar surface area (TPSA) is 118 Å². The monoisotopic (exact) mass is 669 g/mol. The van der Waals surface area contributed by atoms with Gasteiger partial charge >= 0.3 is 11.0 Å². The lowest BCUT2D eigenvalue weighted by Crippen LogP contribution is -2.33. The minimum absolute atomic E-state index is 0.0968. The number of ether oxygens (including phenoxy) is 1. The highest BCUT2D eigenvalue weighted by Crippen LogP contribution is 2.54. The molecule has 0 unspecified atom stereocenters. The zero-order chi connectivity index (χ0) is 32.9. The molecule has 1 aromatic heterocycles. The standard InChI is InChI=1S/C32H26F3N3O6S2/c1-3-44-22-13-17(9-12-21(22)39)24-25-26(29(42)38(28(25)41)20-10-7-16(2)8-11-20)45-30-27(24)46-31(43)37(30)15-23(40)36-19-6-4-5-18(14-19)32(33,34)35/h4-14,24-26,39H,3,15H2,1-2H3,(H,36,40)/t24-,25+,26-/m0/s1. The lowest BCUT2D eigenvalue weighted by Gasteiger charge is -2.31. The molecule has 3 atom stereocenters.